The van der Waals surface area contributed by atoms with E-state index in [9.17, 15) is 13.2 Å². The second kappa shape index (κ2) is 11.9. The maximum atomic E-state index is 12.1. The number of nitrogens with one attached hydrogen (secondary N) is 2. The van der Waals surface area contributed by atoms with Crippen LogP contribution in [0.3, 0.4) is 0 Å². The zero-order valence-corrected chi connectivity index (χ0v) is 16.4. The standard InChI is InChI=1S/C18H29N3O5S/c22-18(20-9-16-27(23,24)21-10-14-26-15-11-21)19-8-4-12-25-13-7-17-5-2-1-3-6-17/h1-3,5-6H,4,7-16H2,(H2,19,20,22). The highest BCUT2D eigenvalue weighted by molar-refractivity contribution is 7.89. The van der Waals surface area contributed by atoms with Crippen molar-refractivity contribution in [1.82, 2.24) is 14.9 Å². The summed E-state index contributed by atoms with van der Waals surface area (Å²) in [6.07, 6.45) is 1.57. The second-order valence-corrected chi connectivity index (χ2v) is 8.30. The number of ether oxygens (including phenoxy) is 2. The van der Waals surface area contributed by atoms with Gasteiger partial charge in [-0.15, -0.1) is 0 Å². The highest BCUT2D eigenvalue weighted by Gasteiger charge is 2.23. The van der Waals surface area contributed by atoms with Crippen molar-refractivity contribution >= 4 is 16.1 Å². The molecule has 1 fully saturated rings. The Bertz CT molecular complexity index is 648. The van der Waals surface area contributed by atoms with Crippen LogP contribution in [0.15, 0.2) is 30.3 Å². The average Bonchev–Trinajstić information content (AvgIpc) is 2.68. The first-order valence-corrected chi connectivity index (χ1v) is 10.9. The van der Waals surface area contributed by atoms with Crippen molar-refractivity contribution in [3.63, 3.8) is 0 Å². The third-order valence-corrected chi connectivity index (χ3v) is 6.01. The molecular weight excluding hydrogens is 370 g/mol. The molecule has 1 aromatic rings. The number of nitrogens with zero attached hydrogens (tertiary/aromatic N) is 1. The first kappa shape index (κ1) is 21.6. The van der Waals surface area contributed by atoms with Gasteiger partial charge in [-0.3, -0.25) is 0 Å². The van der Waals surface area contributed by atoms with Crippen LogP contribution in [0.2, 0.25) is 0 Å². The Morgan fingerprint density at radius 1 is 1.07 bits per heavy atom. The van der Waals surface area contributed by atoms with Crippen LogP contribution in [0.4, 0.5) is 4.79 Å². The maximum absolute atomic E-state index is 12.1. The van der Waals surface area contributed by atoms with Gasteiger partial charge in [0.25, 0.3) is 0 Å². The summed E-state index contributed by atoms with van der Waals surface area (Å²) in [7, 11) is -3.35. The number of hydrogen-bond donors (Lipinski definition) is 2. The Balaban J connectivity index is 1.46. The molecule has 1 saturated heterocycles. The van der Waals surface area contributed by atoms with Gasteiger partial charge in [-0.25, -0.2) is 13.2 Å². The Kier molecular flexibility index (Phi) is 9.54. The van der Waals surface area contributed by atoms with E-state index >= 15 is 0 Å². The van der Waals surface area contributed by atoms with Crippen LogP contribution in [0, 0.1) is 0 Å². The third-order valence-electron chi connectivity index (χ3n) is 4.14. The fraction of sp³-hybridized carbons (Fsp3) is 0.611. The van der Waals surface area contributed by atoms with E-state index in [1.165, 1.54) is 9.87 Å². The molecule has 9 heteroatoms. The average molecular weight is 400 g/mol. The summed E-state index contributed by atoms with van der Waals surface area (Å²) < 4.78 is 36.3. The molecule has 1 heterocycles. The van der Waals surface area contributed by atoms with Gasteiger partial charge in [-0.2, -0.15) is 4.31 Å². The monoisotopic (exact) mass is 399 g/mol. The summed E-state index contributed by atoms with van der Waals surface area (Å²) in [6.45, 7) is 3.36. The van der Waals surface area contributed by atoms with E-state index in [0.29, 0.717) is 52.5 Å². The van der Waals surface area contributed by atoms with Crippen molar-refractivity contribution in [3.05, 3.63) is 35.9 Å². The number of hydrogen-bond acceptors (Lipinski definition) is 5. The van der Waals surface area contributed by atoms with Gasteiger partial charge < -0.3 is 20.1 Å². The van der Waals surface area contributed by atoms with E-state index in [4.69, 9.17) is 9.47 Å². The van der Waals surface area contributed by atoms with Crippen LogP contribution < -0.4 is 10.6 Å². The summed E-state index contributed by atoms with van der Waals surface area (Å²) >= 11 is 0. The van der Waals surface area contributed by atoms with E-state index in [-0.39, 0.29) is 18.3 Å². The van der Waals surface area contributed by atoms with Gasteiger partial charge in [-0.05, 0) is 18.4 Å². The smallest absolute Gasteiger partial charge is 0.314 e. The lowest BCUT2D eigenvalue weighted by Gasteiger charge is -2.26. The molecule has 0 unspecified atom stereocenters. The lowest BCUT2D eigenvalue weighted by Crippen LogP contribution is -2.45. The SMILES string of the molecule is O=C(NCCCOCCc1ccccc1)NCCS(=O)(=O)N1CCOCC1. The number of rotatable bonds is 11. The van der Waals surface area contributed by atoms with Gasteiger partial charge in [0.1, 0.15) is 0 Å². The van der Waals surface area contributed by atoms with Crippen molar-refractivity contribution in [2.24, 2.45) is 0 Å². The zero-order chi connectivity index (χ0) is 19.4. The van der Waals surface area contributed by atoms with Crippen molar-refractivity contribution < 1.29 is 22.7 Å². The largest absolute Gasteiger partial charge is 0.381 e. The van der Waals surface area contributed by atoms with E-state index < -0.39 is 10.0 Å². The normalized spacial score (nSPS) is 15.4. The molecule has 27 heavy (non-hydrogen) atoms. The number of benzene rings is 1. The molecular formula is C18H29N3O5S. The van der Waals surface area contributed by atoms with Gasteiger partial charge >= 0.3 is 6.03 Å². The van der Waals surface area contributed by atoms with Gasteiger partial charge in [0.05, 0.1) is 25.6 Å². The van der Waals surface area contributed by atoms with E-state index in [1.54, 1.807) is 0 Å². The number of urea groups is 1. The van der Waals surface area contributed by atoms with Crippen molar-refractivity contribution in [1.29, 1.82) is 0 Å². The van der Waals surface area contributed by atoms with E-state index in [0.717, 1.165) is 6.42 Å². The fourth-order valence-corrected chi connectivity index (χ4v) is 3.95. The van der Waals surface area contributed by atoms with Gasteiger partial charge in [0.15, 0.2) is 0 Å². The summed E-state index contributed by atoms with van der Waals surface area (Å²) in [5.74, 6) is -0.108. The molecule has 0 saturated carbocycles. The number of morpholine rings is 1. The molecule has 8 nitrogen and oxygen atoms in total. The highest BCUT2D eigenvalue weighted by atomic mass is 32.2. The molecule has 0 atom stereocenters. The molecule has 0 aliphatic carbocycles. The minimum atomic E-state index is -3.35. The molecule has 1 aliphatic heterocycles. The molecule has 0 radical (unpaired) electrons. The van der Waals surface area contributed by atoms with Gasteiger partial charge in [0, 0.05) is 32.8 Å². The Morgan fingerprint density at radius 3 is 2.52 bits per heavy atom. The lowest BCUT2D eigenvalue weighted by molar-refractivity contribution is 0.0730. The Morgan fingerprint density at radius 2 is 1.78 bits per heavy atom. The van der Waals surface area contributed by atoms with E-state index in [1.807, 2.05) is 18.2 Å². The van der Waals surface area contributed by atoms with Crippen molar-refractivity contribution in [2.45, 2.75) is 12.8 Å². The summed E-state index contributed by atoms with van der Waals surface area (Å²) in [6, 6.07) is 9.76. The Labute approximate surface area is 161 Å². The van der Waals surface area contributed by atoms with Gasteiger partial charge in [0.2, 0.25) is 10.0 Å². The second-order valence-electron chi connectivity index (χ2n) is 6.21. The number of carbonyl (C=O) groups is 1. The molecule has 1 aliphatic rings. The van der Waals surface area contributed by atoms with E-state index in [2.05, 4.69) is 22.8 Å². The van der Waals surface area contributed by atoms with Crippen LogP contribution in [0.25, 0.3) is 0 Å². The fourth-order valence-electron chi connectivity index (χ4n) is 2.62. The zero-order valence-electron chi connectivity index (χ0n) is 15.6. The quantitative estimate of drug-likeness (QED) is 0.531. The minimum Gasteiger partial charge on any atom is -0.381 e. The topological polar surface area (TPSA) is 97.0 Å². The lowest BCUT2D eigenvalue weighted by atomic mass is 10.2. The molecule has 1 aromatic carbocycles. The highest BCUT2D eigenvalue weighted by Crippen LogP contribution is 2.04. The number of sulfonamides is 1. The molecule has 2 amide bonds. The molecule has 152 valence electrons. The first-order chi connectivity index (χ1) is 13.1. The van der Waals surface area contributed by atoms with Crippen LogP contribution in [-0.4, -0.2) is 77.1 Å². The minimum absolute atomic E-state index is 0.0824. The number of amides is 2. The van der Waals surface area contributed by atoms with Crippen LogP contribution >= 0.6 is 0 Å². The third kappa shape index (κ3) is 8.70. The van der Waals surface area contributed by atoms with Crippen molar-refractivity contribution in [3.8, 4) is 0 Å². The molecule has 0 aromatic heterocycles. The predicted octanol–water partition coefficient (Wildman–Crippen LogP) is 0.597. The maximum Gasteiger partial charge on any atom is 0.314 e. The number of carbonyl (C=O) groups excluding carboxylic acids is 1. The summed E-state index contributed by atoms with van der Waals surface area (Å²) in [5, 5.41) is 5.27. The van der Waals surface area contributed by atoms with Crippen LogP contribution in [0.1, 0.15) is 12.0 Å². The van der Waals surface area contributed by atoms with Gasteiger partial charge in [-0.1, -0.05) is 30.3 Å². The summed E-state index contributed by atoms with van der Waals surface area (Å²) in [4.78, 5) is 11.7. The molecule has 2 rings (SSSR count). The molecule has 2 N–H and O–H groups in total. The van der Waals surface area contributed by atoms with Crippen LogP contribution in [0.5, 0.6) is 0 Å². The molecule has 0 bridgehead atoms. The molecule has 0 spiro atoms. The van der Waals surface area contributed by atoms with Crippen LogP contribution in [-0.2, 0) is 25.9 Å². The predicted molar refractivity (Wildman–Crippen MR) is 103 cm³/mol. The summed E-state index contributed by atoms with van der Waals surface area (Å²) in [5.41, 5.74) is 1.24. The van der Waals surface area contributed by atoms with Crippen molar-refractivity contribution in [2.75, 3.05) is 58.4 Å². The first-order valence-electron chi connectivity index (χ1n) is 9.27. The Hall–Kier alpha value is -1.68.